The van der Waals surface area contributed by atoms with Crippen molar-refractivity contribution in [3.05, 3.63) is 0 Å². The van der Waals surface area contributed by atoms with E-state index >= 15 is 0 Å². The summed E-state index contributed by atoms with van der Waals surface area (Å²) in [7, 11) is 0. The van der Waals surface area contributed by atoms with Crippen molar-refractivity contribution in [2.75, 3.05) is 72.5 Å². The summed E-state index contributed by atoms with van der Waals surface area (Å²) in [5.41, 5.74) is 0. The van der Waals surface area contributed by atoms with Gasteiger partial charge in [0.2, 0.25) is 23.6 Å². The van der Waals surface area contributed by atoms with Crippen LogP contribution in [0.4, 0.5) is 0 Å². The topological polar surface area (TPSA) is 228 Å². The Morgan fingerprint density at radius 1 is 0.448 bits per heavy atom. The van der Waals surface area contributed by atoms with Gasteiger partial charge in [-0.3, -0.25) is 24.0 Å². The van der Waals surface area contributed by atoms with Crippen LogP contribution in [0.25, 0.3) is 0 Å². The molecule has 0 saturated heterocycles. The van der Waals surface area contributed by atoms with Gasteiger partial charge in [0, 0.05) is 32.5 Å². The quantitative estimate of drug-likeness (QED) is 0.0451. The van der Waals surface area contributed by atoms with E-state index in [0.717, 1.165) is 25.7 Å². The maximum atomic E-state index is 12.3. The predicted octanol–water partition coefficient (Wildman–Crippen LogP) is 4.90. The number of nitrogens with one attached hydrogen (secondary N) is 4. The Morgan fingerprint density at radius 2 is 0.897 bits per heavy atom. The van der Waals surface area contributed by atoms with E-state index < -0.39 is 23.9 Å². The molecule has 0 fully saturated rings. The summed E-state index contributed by atoms with van der Waals surface area (Å²) in [4.78, 5) is 70.5. The molecular formula is C42H78N4O12. The van der Waals surface area contributed by atoms with Gasteiger partial charge in [-0.2, -0.15) is 0 Å². The first-order valence-corrected chi connectivity index (χ1v) is 21.9. The number of carboxylic acids is 2. The van der Waals surface area contributed by atoms with Crippen LogP contribution >= 0.6 is 0 Å². The molecule has 16 nitrogen and oxygen atoms in total. The van der Waals surface area contributed by atoms with Gasteiger partial charge < -0.3 is 50.4 Å². The normalized spacial score (nSPS) is 12.1. The van der Waals surface area contributed by atoms with Crippen LogP contribution in [-0.2, 0) is 47.7 Å². The molecule has 4 amide bonds. The minimum absolute atomic E-state index is 0.00939. The lowest BCUT2D eigenvalue weighted by Gasteiger charge is -2.14. The second kappa shape index (κ2) is 40.4. The van der Waals surface area contributed by atoms with Crippen LogP contribution in [0.3, 0.4) is 0 Å². The van der Waals surface area contributed by atoms with Crippen LogP contribution in [0.2, 0.25) is 0 Å². The number of unbranched alkanes of at least 4 members (excludes halogenated alkanes) is 15. The summed E-state index contributed by atoms with van der Waals surface area (Å²) >= 11 is 0. The number of ether oxygens (including phenoxy) is 4. The Balaban J connectivity index is 3.65. The van der Waals surface area contributed by atoms with Crippen molar-refractivity contribution < 1.29 is 57.9 Å². The van der Waals surface area contributed by atoms with E-state index in [1.807, 2.05) is 0 Å². The molecule has 0 aliphatic carbocycles. The number of carboxylic acid groups (broad SMARTS) is 2. The zero-order chi connectivity index (χ0) is 42.9. The van der Waals surface area contributed by atoms with Crippen molar-refractivity contribution in [3.63, 3.8) is 0 Å². The van der Waals surface area contributed by atoms with Crippen molar-refractivity contribution in [2.24, 2.45) is 5.92 Å². The fourth-order valence-corrected chi connectivity index (χ4v) is 5.87. The molecule has 0 saturated carbocycles. The van der Waals surface area contributed by atoms with Gasteiger partial charge in [-0.05, 0) is 25.7 Å². The predicted molar refractivity (Wildman–Crippen MR) is 221 cm³/mol. The first-order chi connectivity index (χ1) is 28.1. The van der Waals surface area contributed by atoms with Gasteiger partial charge in [0.15, 0.2) is 0 Å². The summed E-state index contributed by atoms with van der Waals surface area (Å²) in [5.74, 6) is -3.59. The summed E-state index contributed by atoms with van der Waals surface area (Å²) in [6.07, 6.45) is 20.7. The van der Waals surface area contributed by atoms with Crippen molar-refractivity contribution in [3.8, 4) is 0 Å². The number of hydrogen-bond donors (Lipinski definition) is 6. The number of carbonyl (C=O) groups is 6. The fraction of sp³-hybridized carbons (Fsp3) is 0.857. The van der Waals surface area contributed by atoms with Gasteiger partial charge in [-0.25, -0.2) is 4.79 Å². The number of hydrogen-bond acceptors (Lipinski definition) is 10. The van der Waals surface area contributed by atoms with Crippen molar-refractivity contribution in [1.29, 1.82) is 0 Å². The third-order valence-corrected chi connectivity index (χ3v) is 9.46. The van der Waals surface area contributed by atoms with Crippen molar-refractivity contribution >= 4 is 35.6 Å². The van der Waals surface area contributed by atoms with Crippen LogP contribution in [0.1, 0.15) is 149 Å². The average molecular weight is 831 g/mol. The molecule has 1 unspecified atom stereocenters. The van der Waals surface area contributed by atoms with Crippen LogP contribution in [-0.4, -0.2) is 124 Å². The molecule has 0 aromatic rings. The molecule has 0 spiro atoms. The molecule has 0 heterocycles. The molecule has 6 N–H and O–H groups in total. The van der Waals surface area contributed by atoms with E-state index in [1.54, 1.807) is 6.92 Å². The van der Waals surface area contributed by atoms with Gasteiger partial charge in [0.05, 0.1) is 45.6 Å². The van der Waals surface area contributed by atoms with Gasteiger partial charge >= 0.3 is 11.9 Å². The molecule has 2 atom stereocenters. The Bertz CT molecular complexity index is 1080. The first-order valence-electron chi connectivity index (χ1n) is 21.9. The van der Waals surface area contributed by atoms with E-state index in [2.05, 4.69) is 28.2 Å². The molecule has 0 aromatic carbocycles. The maximum Gasteiger partial charge on any atom is 0.326 e. The highest BCUT2D eigenvalue weighted by molar-refractivity contribution is 5.84. The van der Waals surface area contributed by atoms with E-state index in [4.69, 9.17) is 24.1 Å². The molecule has 0 aliphatic heterocycles. The number of rotatable bonds is 43. The van der Waals surface area contributed by atoms with Gasteiger partial charge in [0.25, 0.3) is 0 Å². The van der Waals surface area contributed by atoms with Crippen LogP contribution in [0.15, 0.2) is 0 Å². The van der Waals surface area contributed by atoms with Gasteiger partial charge in [0.1, 0.15) is 19.3 Å². The Kier molecular flexibility index (Phi) is 38.1. The Hall–Kier alpha value is -3.34. The molecule has 0 rings (SSSR count). The minimum Gasteiger partial charge on any atom is -0.481 e. The highest BCUT2D eigenvalue weighted by atomic mass is 16.5. The van der Waals surface area contributed by atoms with E-state index in [1.165, 1.54) is 70.6 Å². The van der Waals surface area contributed by atoms with Crippen LogP contribution in [0.5, 0.6) is 0 Å². The largest absolute Gasteiger partial charge is 0.481 e. The number of carbonyl (C=O) groups excluding carboxylic acids is 4. The van der Waals surface area contributed by atoms with E-state index in [9.17, 15) is 33.9 Å². The number of aliphatic carboxylic acids is 2. The third-order valence-electron chi connectivity index (χ3n) is 9.46. The lowest BCUT2D eigenvalue weighted by atomic mass is 10.0. The Morgan fingerprint density at radius 3 is 1.38 bits per heavy atom. The molecule has 0 radical (unpaired) electrons. The lowest BCUT2D eigenvalue weighted by Crippen LogP contribution is -2.41. The lowest BCUT2D eigenvalue weighted by molar-refractivity contribution is -0.142. The maximum absolute atomic E-state index is 12.3. The third kappa shape index (κ3) is 38.2. The van der Waals surface area contributed by atoms with Crippen LogP contribution < -0.4 is 21.3 Å². The highest BCUT2D eigenvalue weighted by Crippen LogP contribution is 2.14. The molecule has 16 heteroatoms. The molecular weight excluding hydrogens is 752 g/mol. The fourth-order valence-electron chi connectivity index (χ4n) is 5.87. The second-order valence-corrected chi connectivity index (χ2v) is 14.8. The van der Waals surface area contributed by atoms with Crippen LogP contribution in [0, 0.1) is 5.92 Å². The first kappa shape index (κ1) is 54.7. The van der Waals surface area contributed by atoms with E-state index in [0.29, 0.717) is 25.8 Å². The summed E-state index contributed by atoms with van der Waals surface area (Å²) in [5, 5.41) is 28.9. The standard InChI is InChI=1S/C42H78N4O12/c1-3-4-5-6-7-8-9-10-11-12-13-14-15-16-17-21-38(48)46-36(42(53)54)22-23-37(47)44-25-27-55-29-32-58-34-40(50)45-26-28-56-30-31-57-33-39(49)43-24-19-18-20-35(2)41(51)52/h35-36H,3-34H2,1-2H3,(H,43,49)(H,44,47)(H,45,50)(H,46,48)(H,51,52)(H,53,54)/t35-,36?/m0/s1. The zero-order valence-corrected chi connectivity index (χ0v) is 35.8. The van der Waals surface area contributed by atoms with Gasteiger partial charge in [-0.1, -0.05) is 110 Å². The van der Waals surface area contributed by atoms with E-state index in [-0.39, 0.29) is 109 Å². The smallest absolute Gasteiger partial charge is 0.326 e. The summed E-state index contributed by atoms with van der Waals surface area (Å²) < 4.78 is 21.3. The minimum atomic E-state index is -1.17. The Labute approximate surface area is 347 Å². The molecule has 58 heavy (non-hydrogen) atoms. The van der Waals surface area contributed by atoms with Crippen molar-refractivity contribution in [1.82, 2.24) is 21.3 Å². The highest BCUT2D eigenvalue weighted by Gasteiger charge is 2.21. The number of amides is 4. The zero-order valence-electron chi connectivity index (χ0n) is 35.8. The summed E-state index contributed by atoms with van der Waals surface area (Å²) in [6, 6.07) is -1.12. The van der Waals surface area contributed by atoms with Gasteiger partial charge in [-0.15, -0.1) is 0 Å². The molecule has 0 aromatic heterocycles. The molecule has 0 aliphatic rings. The SMILES string of the molecule is CCCCCCCCCCCCCCCCCC(=O)NC(CCC(=O)NCCOCCOCC(=O)NCCOCCOCC(=O)NCCCC[C@H](C)C(=O)O)C(=O)O. The molecule has 338 valence electrons. The molecule has 0 bridgehead atoms. The second-order valence-electron chi connectivity index (χ2n) is 14.8. The van der Waals surface area contributed by atoms with Crippen molar-refractivity contribution in [2.45, 2.75) is 155 Å². The average Bonchev–Trinajstić information content (AvgIpc) is 3.19. The monoisotopic (exact) mass is 831 g/mol. The summed E-state index contributed by atoms with van der Waals surface area (Å²) in [6.45, 7) is 5.93.